The van der Waals surface area contributed by atoms with Gasteiger partial charge in [-0.3, -0.25) is 4.79 Å². The Morgan fingerprint density at radius 1 is 1.50 bits per heavy atom. The van der Waals surface area contributed by atoms with Crippen molar-refractivity contribution in [2.45, 2.75) is 0 Å². The van der Waals surface area contributed by atoms with Gasteiger partial charge in [0.15, 0.2) is 0 Å². The summed E-state index contributed by atoms with van der Waals surface area (Å²) < 4.78 is 5.05. The highest BCUT2D eigenvalue weighted by molar-refractivity contribution is 5.64. The fraction of sp³-hybridized carbons (Fsp3) is 0.222. The van der Waals surface area contributed by atoms with Gasteiger partial charge in [-0.15, -0.1) is 0 Å². The zero-order valence-corrected chi connectivity index (χ0v) is 6.83. The van der Waals surface area contributed by atoms with Crippen molar-refractivity contribution < 1.29 is 9.53 Å². The van der Waals surface area contributed by atoms with Crippen LogP contribution in [0.2, 0.25) is 0 Å². The second kappa shape index (κ2) is 4.38. The van der Waals surface area contributed by atoms with Crippen LogP contribution in [-0.2, 0) is 4.79 Å². The molecule has 0 unspecified atom stereocenters. The third kappa shape index (κ3) is 1.99. The van der Waals surface area contributed by atoms with Gasteiger partial charge >= 0.3 is 0 Å². The number of carbonyl (C=O) groups excluding carboxylic acids is 1. The summed E-state index contributed by atoms with van der Waals surface area (Å²) in [7, 11) is 1.59. The van der Waals surface area contributed by atoms with Gasteiger partial charge in [0.1, 0.15) is 5.75 Å². The van der Waals surface area contributed by atoms with Gasteiger partial charge in [-0.2, -0.15) is 0 Å². The summed E-state index contributed by atoms with van der Waals surface area (Å²) in [6, 6.07) is 7.41. The SMILES string of the molecule is COc1ccccc1NC[C]=O. The number of ether oxygens (including phenoxy) is 1. The first-order chi connectivity index (χ1) is 5.88. The lowest BCUT2D eigenvalue weighted by molar-refractivity contribution is 0.416. The molecule has 1 aromatic rings. The maximum atomic E-state index is 9.95. The Hall–Kier alpha value is -1.51. The minimum atomic E-state index is 0.181. The van der Waals surface area contributed by atoms with Crippen molar-refractivity contribution in [1.29, 1.82) is 0 Å². The molecule has 0 aliphatic carbocycles. The molecule has 1 radical (unpaired) electrons. The molecule has 0 saturated heterocycles. The van der Waals surface area contributed by atoms with Crippen molar-refractivity contribution >= 4 is 12.0 Å². The van der Waals surface area contributed by atoms with E-state index in [0.29, 0.717) is 0 Å². The first-order valence-electron chi connectivity index (χ1n) is 3.60. The molecular weight excluding hydrogens is 154 g/mol. The largest absolute Gasteiger partial charge is 0.495 e. The van der Waals surface area contributed by atoms with Gasteiger partial charge in [0.25, 0.3) is 0 Å². The van der Waals surface area contributed by atoms with E-state index in [4.69, 9.17) is 4.74 Å². The second-order valence-corrected chi connectivity index (χ2v) is 2.20. The predicted molar refractivity (Wildman–Crippen MR) is 47.2 cm³/mol. The number of rotatable bonds is 4. The number of hydrogen-bond donors (Lipinski definition) is 1. The van der Waals surface area contributed by atoms with Crippen molar-refractivity contribution in [3.63, 3.8) is 0 Å². The molecule has 3 nitrogen and oxygen atoms in total. The third-order valence-electron chi connectivity index (χ3n) is 1.46. The van der Waals surface area contributed by atoms with Crippen LogP contribution >= 0.6 is 0 Å². The zero-order valence-electron chi connectivity index (χ0n) is 6.83. The fourth-order valence-electron chi connectivity index (χ4n) is 0.922. The summed E-state index contributed by atoms with van der Waals surface area (Å²) >= 11 is 0. The Morgan fingerprint density at radius 3 is 2.92 bits per heavy atom. The lowest BCUT2D eigenvalue weighted by atomic mass is 10.3. The van der Waals surface area contributed by atoms with Crippen molar-refractivity contribution in [1.82, 2.24) is 0 Å². The molecule has 0 amide bonds. The van der Waals surface area contributed by atoms with E-state index in [2.05, 4.69) is 5.32 Å². The highest BCUT2D eigenvalue weighted by Crippen LogP contribution is 2.22. The average molecular weight is 164 g/mol. The van der Waals surface area contributed by atoms with Crippen LogP contribution in [0.5, 0.6) is 5.75 Å². The third-order valence-corrected chi connectivity index (χ3v) is 1.46. The fourth-order valence-corrected chi connectivity index (χ4v) is 0.922. The number of methoxy groups -OCH3 is 1. The normalized spacial score (nSPS) is 9.08. The molecule has 0 fully saturated rings. The number of para-hydroxylation sites is 2. The van der Waals surface area contributed by atoms with E-state index in [1.54, 1.807) is 13.4 Å². The Balaban J connectivity index is 2.74. The molecule has 3 heteroatoms. The van der Waals surface area contributed by atoms with Crippen molar-refractivity contribution in [2.24, 2.45) is 0 Å². The summed E-state index contributed by atoms with van der Waals surface area (Å²) in [6.45, 7) is 0.181. The number of benzene rings is 1. The highest BCUT2D eigenvalue weighted by atomic mass is 16.5. The summed E-state index contributed by atoms with van der Waals surface area (Å²) in [5.74, 6) is 0.729. The molecule has 0 saturated carbocycles. The van der Waals surface area contributed by atoms with Gasteiger partial charge in [0.05, 0.1) is 19.3 Å². The Bertz CT molecular complexity index is 260. The van der Waals surface area contributed by atoms with Crippen molar-refractivity contribution in [3.05, 3.63) is 24.3 Å². The van der Waals surface area contributed by atoms with Crippen LogP contribution in [-0.4, -0.2) is 19.9 Å². The monoisotopic (exact) mass is 164 g/mol. The Labute approximate surface area is 71.4 Å². The molecule has 0 aliphatic rings. The molecule has 0 heterocycles. The summed E-state index contributed by atoms with van der Waals surface area (Å²) in [5, 5.41) is 2.87. The van der Waals surface area contributed by atoms with Crippen LogP contribution < -0.4 is 10.1 Å². The number of nitrogens with one attached hydrogen (secondary N) is 1. The molecule has 0 aromatic heterocycles. The summed E-state index contributed by atoms with van der Waals surface area (Å²) in [6.07, 6.45) is 1.75. The van der Waals surface area contributed by atoms with Crippen LogP contribution in [0.1, 0.15) is 0 Å². The van der Waals surface area contributed by atoms with Gasteiger partial charge in [-0.05, 0) is 12.1 Å². The standard InChI is InChI=1S/C9H10NO2/c1-12-9-5-3-2-4-8(9)10-6-7-11/h2-5,10H,6H2,1H3. The van der Waals surface area contributed by atoms with Crippen LogP contribution in [0.25, 0.3) is 0 Å². The summed E-state index contributed by atoms with van der Waals surface area (Å²) in [4.78, 5) is 9.95. The molecule has 12 heavy (non-hydrogen) atoms. The van der Waals surface area contributed by atoms with Crippen molar-refractivity contribution in [2.75, 3.05) is 19.0 Å². The van der Waals surface area contributed by atoms with E-state index in [-0.39, 0.29) is 6.54 Å². The molecule has 0 aliphatic heterocycles. The maximum Gasteiger partial charge on any atom is 0.219 e. The number of anilines is 1. The van der Waals surface area contributed by atoms with Gasteiger partial charge in [-0.25, -0.2) is 0 Å². The van der Waals surface area contributed by atoms with E-state index in [0.717, 1.165) is 11.4 Å². The van der Waals surface area contributed by atoms with E-state index in [9.17, 15) is 4.79 Å². The zero-order chi connectivity index (χ0) is 8.81. The van der Waals surface area contributed by atoms with E-state index < -0.39 is 0 Å². The van der Waals surface area contributed by atoms with Gasteiger partial charge in [-0.1, -0.05) is 12.1 Å². The minimum Gasteiger partial charge on any atom is -0.495 e. The first-order valence-corrected chi connectivity index (χ1v) is 3.60. The molecule has 0 bridgehead atoms. The molecule has 0 atom stereocenters. The minimum absolute atomic E-state index is 0.181. The predicted octanol–water partition coefficient (Wildman–Crippen LogP) is 1.22. The first kappa shape index (κ1) is 8.59. The molecule has 63 valence electrons. The van der Waals surface area contributed by atoms with Gasteiger partial charge < -0.3 is 10.1 Å². The lowest BCUT2D eigenvalue weighted by Gasteiger charge is -2.07. The molecule has 1 N–H and O–H groups in total. The quantitative estimate of drug-likeness (QED) is 0.727. The molecule has 0 spiro atoms. The van der Waals surface area contributed by atoms with E-state index in [1.807, 2.05) is 24.3 Å². The molecule has 1 aromatic carbocycles. The van der Waals surface area contributed by atoms with Crippen LogP contribution in [0, 0.1) is 0 Å². The Morgan fingerprint density at radius 2 is 2.25 bits per heavy atom. The lowest BCUT2D eigenvalue weighted by Crippen LogP contribution is -2.03. The van der Waals surface area contributed by atoms with Crippen LogP contribution in [0.4, 0.5) is 5.69 Å². The Kier molecular flexibility index (Phi) is 3.14. The van der Waals surface area contributed by atoms with Gasteiger partial charge in [0, 0.05) is 0 Å². The molecule has 1 rings (SSSR count). The summed E-state index contributed by atoms with van der Waals surface area (Å²) in [5.41, 5.74) is 0.809. The molecular formula is C9H10NO2. The van der Waals surface area contributed by atoms with Crippen molar-refractivity contribution in [3.8, 4) is 5.75 Å². The van der Waals surface area contributed by atoms with Crippen LogP contribution in [0.15, 0.2) is 24.3 Å². The van der Waals surface area contributed by atoms with E-state index in [1.165, 1.54) is 0 Å². The second-order valence-electron chi connectivity index (χ2n) is 2.20. The maximum absolute atomic E-state index is 9.95. The topological polar surface area (TPSA) is 38.3 Å². The smallest absolute Gasteiger partial charge is 0.219 e. The number of hydrogen-bond acceptors (Lipinski definition) is 3. The van der Waals surface area contributed by atoms with Crippen LogP contribution in [0.3, 0.4) is 0 Å². The van der Waals surface area contributed by atoms with Gasteiger partial charge in [0.2, 0.25) is 6.29 Å². The average Bonchev–Trinajstić information content (AvgIpc) is 2.15. The van der Waals surface area contributed by atoms with E-state index >= 15 is 0 Å². The highest BCUT2D eigenvalue weighted by Gasteiger charge is 1.98.